The van der Waals surface area contributed by atoms with Crippen molar-refractivity contribution >= 4 is 22.6 Å². The number of hydrogen-bond acceptors (Lipinski definition) is 4. The third-order valence-corrected chi connectivity index (χ3v) is 3.31. The highest BCUT2D eigenvalue weighted by Crippen LogP contribution is 2.29. The molecule has 3 rings (SSSR count). The summed E-state index contributed by atoms with van der Waals surface area (Å²) >= 11 is 0. The summed E-state index contributed by atoms with van der Waals surface area (Å²) < 4.78 is 12.7. The van der Waals surface area contributed by atoms with Crippen LogP contribution in [0.2, 0.25) is 0 Å². The summed E-state index contributed by atoms with van der Waals surface area (Å²) in [6, 6.07) is 5.26. The maximum atomic E-state index is 12.4. The van der Waals surface area contributed by atoms with E-state index in [2.05, 4.69) is 10.4 Å². The summed E-state index contributed by atoms with van der Waals surface area (Å²) in [5.74, 6) is 0.415. The molecule has 0 bridgehead atoms. The average Bonchev–Trinajstić information content (AvgIpc) is 3.15. The summed E-state index contributed by atoms with van der Waals surface area (Å²) in [6.45, 7) is 5.16. The third-order valence-electron chi connectivity index (χ3n) is 3.31. The van der Waals surface area contributed by atoms with Crippen molar-refractivity contribution in [3.05, 3.63) is 42.4 Å². The molecule has 6 heteroatoms. The van der Waals surface area contributed by atoms with Crippen LogP contribution in [0.5, 0.6) is 5.75 Å². The lowest BCUT2D eigenvalue weighted by atomic mass is 10.1. The number of aryl methyl sites for hydroxylation is 1. The molecular formula is C16H17N3O3. The maximum Gasteiger partial charge on any atom is 0.256 e. The van der Waals surface area contributed by atoms with Crippen molar-refractivity contribution in [2.75, 3.05) is 11.9 Å². The van der Waals surface area contributed by atoms with Crippen molar-refractivity contribution in [2.45, 2.75) is 20.4 Å². The van der Waals surface area contributed by atoms with E-state index >= 15 is 0 Å². The summed E-state index contributed by atoms with van der Waals surface area (Å²) in [6.07, 6.45) is 4.99. The molecule has 0 radical (unpaired) electrons. The van der Waals surface area contributed by atoms with E-state index in [1.807, 2.05) is 19.9 Å². The fourth-order valence-corrected chi connectivity index (χ4v) is 2.25. The average molecular weight is 299 g/mol. The molecule has 1 N–H and O–H groups in total. The Morgan fingerprint density at radius 1 is 1.41 bits per heavy atom. The minimum atomic E-state index is -0.227. The van der Waals surface area contributed by atoms with Crippen LogP contribution in [0.15, 0.2) is 41.3 Å². The first-order valence-electron chi connectivity index (χ1n) is 7.19. The Labute approximate surface area is 127 Å². The second-order valence-electron chi connectivity index (χ2n) is 4.78. The smallest absolute Gasteiger partial charge is 0.256 e. The van der Waals surface area contributed by atoms with Crippen LogP contribution in [0.25, 0.3) is 11.0 Å². The molecule has 0 atom stereocenters. The van der Waals surface area contributed by atoms with Gasteiger partial charge in [0, 0.05) is 18.3 Å². The van der Waals surface area contributed by atoms with Gasteiger partial charge in [0.05, 0.1) is 30.1 Å². The van der Waals surface area contributed by atoms with Gasteiger partial charge in [-0.1, -0.05) is 0 Å². The van der Waals surface area contributed by atoms with Gasteiger partial charge in [-0.25, -0.2) is 0 Å². The first-order chi connectivity index (χ1) is 10.7. The van der Waals surface area contributed by atoms with Gasteiger partial charge in [0.1, 0.15) is 11.3 Å². The fourth-order valence-electron chi connectivity index (χ4n) is 2.25. The van der Waals surface area contributed by atoms with Gasteiger partial charge < -0.3 is 14.5 Å². The number of nitrogens with one attached hydrogen (secondary N) is 1. The molecule has 0 fully saturated rings. The minimum absolute atomic E-state index is 0.227. The van der Waals surface area contributed by atoms with E-state index in [9.17, 15) is 4.79 Å². The molecule has 0 aliphatic carbocycles. The Kier molecular flexibility index (Phi) is 3.82. The number of anilines is 1. The molecule has 1 aromatic carbocycles. The van der Waals surface area contributed by atoms with E-state index in [0.717, 1.165) is 11.9 Å². The summed E-state index contributed by atoms with van der Waals surface area (Å²) in [5.41, 5.74) is 1.76. The van der Waals surface area contributed by atoms with Crippen LogP contribution in [0.3, 0.4) is 0 Å². The second-order valence-corrected chi connectivity index (χ2v) is 4.78. The summed E-state index contributed by atoms with van der Waals surface area (Å²) in [7, 11) is 0. The molecule has 0 unspecified atom stereocenters. The first-order valence-corrected chi connectivity index (χ1v) is 7.19. The molecule has 2 aromatic heterocycles. The molecule has 0 aliphatic rings. The molecule has 0 aliphatic heterocycles. The number of fused-ring (bicyclic) bond motifs is 1. The highest BCUT2D eigenvalue weighted by molar-refractivity contribution is 6.06. The zero-order valence-corrected chi connectivity index (χ0v) is 12.5. The zero-order chi connectivity index (χ0) is 15.5. The molecule has 0 saturated carbocycles. The monoisotopic (exact) mass is 299 g/mol. The standard InChI is InChI=1S/C16H17N3O3/c1-3-19-10-12(9-17-19)18-16(20)11-7-14(21-4-2)13-5-6-22-15(13)8-11/h5-10H,3-4H2,1-2H3,(H,18,20). The van der Waals surface area contributed by atoms with Gasteiger partial charge in [-0.3, -0.25) is 9.48 Å². The molecule has 114 valence electrons. The largest absolute Gasteiger partial charge is 0.493 e. The number of hydrogen-bond donors (Lipinski definition) is 1. The second kappa shape index (κ2) is 5.93. The van der Waals surface area contributed by atoms with Crippen molar-refractivity contribution in [3.8, 4) is 5.75 Å². The van der Waals surface area contributed by atoms with Gasteiger partial charge in [0.15, 0.2) is 0 Å². The Morgan fingerprint density at radius 2 is 2.27 bits per heavy atom. The van der Waals surface area contributed by atoms with Crippen LogP contribution in [-0.4, -0.2) is 22.3 Å². The van der Waals surface area contributed by atoms with Gasteiger partial charge in [-0.15, -0.1) is 0 Å². The van der Waals surface area contributed by atoms with E-state index in [1.165, 1.54) is 0 Å². The van der Waals surface area contributed by atoms with Crippen molar-refractivity contribution < 1.29 is 13.9 Å². The van der Waals surface area contributed by atoms with E-state index < -0.39 is 0 Å². The van der Waals surface area contributed by atoms with Crippen LogP contribution < -0.4 is 10.1 Å². The predicted octanol–water partition coefficient (Wildman–Crippen LogP) is 3.30. The highest BCUT2D eigenvalue weighted by atomic mass is 16.5. The number of nitrogens with zero attached hydrogens (tertiary/aromatic N) is 2. The topological polar surface area (TPSA) is 69.3 Å². The van der Waals surface area contributed by atoms with Gasteiger partial charge in [0.25, 0.3) is 5.91 Å². The van der Waals surface area contributed by atoms with Crippen molar-refractivity contribution in [1.82, 2.24) is 9.78 Å². The first kappa shape index (κ1) is 14.2. The van der Waals surface area contributed by atoms with Gasteiger partial charge in [-0.2, -0.15) is 5.10 Å². The number of amides is 1. The third kappa shape index (κ3) is 2.67. The number of aromatic nitrogens is 2. The van der Waals surface area contributed by atoms with Crippen LogP contribution in [-0.2, 0) is 6.54 Å². The number of furan rings is 1. The van der Waals surface area contributed by atoms with E-state index in [1.54, 1.807) is 35.5 Å². The zero-order valence-electron chi connectivity index (χ0n) is 12.5. The summed E-state index contributed by atoms with van der Waals surface area (Å²) in [4.78, 5) is 12.4. The predicted molar refractivity (Wildman–Crippen MR) is 83.2 cm³/mol. The van der Waals surface area contributed by atoms with E-state index in [-0.39, 0.29) is 5.91 Å². The lowest BCUT2D eigenvalue weighted by Gasteiger charge is -2.08. The van der Waals surface area contributed by atoms with E-state index in [4.69, 9.17) is 9.15 Å². The number of benzene rings is 1. The van der Waals surface area contributed by atoms with Crippen molar-refractivity contribution in [3.63, 3.8) is 0 Å². The molecular weight excluding hydrogens is 282 g/mol. The number of carbonyl (C=O) groups excluding carboxylic acids is 1. The molecule has 0 saturated heterocycles. The molecule has 2 heterocycles. The Hall–Kier alpha value is -2.76. The molecule has 0 spiro atoms. The molecule has 6 nitrogen and oxygen atoms in total. The lowest BCUT2D eigenvalue weighted by molar-refractivity contribution is 0.102. The normalized spacial score (nSPS) is 10.8. The van der Waals surface area contributed by atoms with Crippen LogP contribution >= 0.6 is 0 Å². The SMILES string of the molecule is CCOc1cc(C(=O)Nc2cnn(CC)c2)cc2occc12. The number of rotatable bonds is 5. The fraction of sp³-hybridized carbons (Fsp3) is 0.250. The van der Waals surface area contributed by atoms with Crippen LogP contribution in [0.1, 0.15) is 24.2 Å². The van der Waals surface area contributed by atoms with Crippen LogP contribution in [0, 0.1) is 0 Å². The Morgan fingerprint density at radius 3 is 3.00 bits per heavy atom. The van der Waals surface area contributed by atoms with E-state index in [0.29, 0.717) is 29.2 Å². The molecule has 22 heavy (non-hydrogen) atoms. The minimum Gasteiger partial charge on any atom is -0.493 e. The number of ether oxygens (including phenoxy) is 1. The van der Waals surface area contributed by atoms with Gasteiger partial charge >= 0.3 is 0 Å². The molecule has 3 aromatic rings. The van der Waals surface area contributed by atoms with Crippen LogP contribution in [0.4, 0.5) is 5.69 Å². The Balaban J connectivity index is 1.89. The van der Waals surface area contributed by atoms with Crippen molar-refractivity contribution in [2.24, 2.45) is 0 Å². The number of carbonyl (C=O) groups is 1. The quantitative estimate of drug-likeness (QED) is 0.784. The maximum absolute atomic E-state index is 12.4. The lowest BCUT2D eigenvalue weighted by Crippen LogP contribution is -2.11. The summed E-state index contributed by atoms with van der Waals surface area (Å²) in [5, 5.41) is 7.81. The Bertz CT molecular complexity index is 804. The molecule has 1 amide bonds. The van der Waals surface area contributed by atoms with Gasteiger partial charge in [-0.05, 0) is 32.0 Å². The van der Waals surface area contributed by atoms with Gasteiger partial charge in [0.2, 0.25) is 0 Å². The van der Waals surface area contributed by atoms with Crippen molar-refractivity contribution in [1.29, 1.82) is 0 Å². The highest BCUT2D eigenvalue weighted by Gasteiger charge is 2.13.